The number of benzene rings is 1. The van der Waals surface area contributed by atoms with E-state index in [0.717, 1.165) is 58.7 Å². The van der Waals surface area contributed by atoms with E-state index in [1.165, 1.54) is 11.1 Å². The largest absolute Gasteiger partial charge is 0.355 e. The lowest BCUT2D eigenvalue weighted by molar-refractivity contribution is 0.545. The first-order valence-corrected chi connectivity index (χ1v) is 12.7. The molecule has 5 aromatic rings. The third-order valence-corrected chi connectivity index (χ3v) is 9.04. The van der Waals surface area contributed by atoms with E-state index < -0.39 is 0 Å². The highest BCUT2D eigenvalue weighted by Crippen LogP contribution is 2.63. The predicted molar refractivity (Wildman–Crippen MR) is 136 cm³/mol. The Morgan fingerprint density at radius 2 is 2.09 bits per heavy atom. The summed E-state index contributed by atoms with van der Waals surface area (Å²) in [5, 5.41) is 4.06. The number of nitrogens with zero attached hydrogens (tertiary/aromatic N) is 5. The first kappa shape index (κ1) is 20.9. The van der Waals surface area contributed by atoms with Crippen molar-refractivity contribution in [2.24, 2.45) is 17.6 Å². The van der Waals surface area contributed by atoms with Crippen LogP contribution in [0, 0.1) is 24.6 Å². The summed E-state index contributed by atoms with van der Waals surface area (Å²) in [7, 11) is 0. The van der Waals surface area contributed by atoms with Gasteiger partial charge in [0.1, 0.15) is 27.7 Å². The van der Waals surface area contributed by atoms with Crippen LogP contribution in [0.2, 0.25) is 0 Å². The molecule has 4 aromatic heterocycles. The van der Waals surface area contributed by atoms with Gasteiger partial charge in [-0.05, 0) is 42.9 Å². The minimum absolute atomic E-state index is 0.00246. The van der Waals surface area contributed by atoms with Crippen LogP contribution in [0.5, 0.6) is 0 Å². The number of nitrogens with one attached hydrogen (secondary N) is 1. The second kappa shape index (κ2) is 7.53. The summed E-state index contributed by atoms with van der Waals surface area (Å²) in [5.41, 5.74) is 11.0. The summed E-state index contributed by atoms with van der Waals surface area (Å²) in [4.78, 5) is 24.3. The van der Waals surface area contributed by atoms with Gasteiger partial charge in [0.05, 0.1) is 6.20 Å². The van der Waals surface area contributed by atoms with Gasteiger partial charge in [-0.15, -0.1) is 11.3 Å². The van der Waals surface area contributed by atoms with Crippen LogP contribution in [-0.2, 0) is 5.41 Å². The Kier molecular flexibility index (Phi) is 4.50. The molecule has 176 valence electrons. The van der Waals surface area contributed by atoms with Gasteiger partial charge in [-0.1, -0.05) is 12.1 Å². The van der Waals surface area contributed by atoms with E-state index in [2.05, 4.69) is 20.2 Å². The number of rotatable bonds is 4. The summed E-state index contributed by atoms with van der Waals surface area (Å²) < 4.78 is 14.3. The minimum Gasteiger partial charge on any atom is -0.355 e. The van der Waals surface area contributed by atoms with Crippen molar-refractivity contribution in [3.05, 3.63) is 64.8 Å². The molecule has 1 saturated carbocycles. The molecule has 0 bridgehead atoms. The fraction of sp³-hybridized carbons (Fsp3) is 0.308. The number of aryl methyl sites for hydroxylation is 1. The molecule has 3 N–H and O–H groups in total. The van der Waals surface area contributed by atoms with E-state index in [0.29, 0.717) is 23.9 Å². The lowest BCUT2D eigenvalue weighted by atomic mass is 10.0. The van der Waals surface area contributed by atoms with Gasteiger partial charge >= 0.3 is 0 Å². The quantitative estimate of drug-likeness (QED) is 0.391. The summed E-state index contributed by atoms with van der Waals surface area (Å²) in [6, 6.07) is 6.94. The van der Waals surface area contributed by atoms with Gasteiger partial charge in [0.25, 0.3) is 0 Å². The third-order valence-electron chi connectivity index (χ3n) is 7.88. The lowest BCUT2D eigenvalue weighted by Gasteiger charge is -2.26. The predicted octanol–water partition coefficient (Wildman–Crippen LogP) is 4.43. The number of H-pyrrole nitrogens is 1. The highest BCUT2D eigenvalue weighted by atomic mass is 32.1. The Labute approximate surface area is 205 Å². The van der Waals surface area contributed by atoms with E-state index in [-0.39, 0.29) is 11.2 Å². The van der Waals surface area contributed by atoms with E-state index in [1.807, 2.05) is 31.5 Å². The number of halogens is 1. The fourth-order valence-electron chi connectivity index (χ4n) is 6.08. The number of anilines is 1. The molecule has 1 aliphatic carbocycles. The number of pyridine rings is 1. The number of hydrogen-bond acceptors (Lipinski definition) is 7. The molecule has 7 nitrogen and oxygen atoms in total. The van der Waals surface area contributed by atoms with E-state index in [1.54, 1.807) is 23.6 Å². The van der Waals surface area contributed by atoms with Crippen molar-refractivity contribution >= 4 is 39.2 Å². The minimum atomic E-state index is -0.331. The second-order valence-corrected chi connectivity index (χ2v) is 10.5. The van der Waals surface area contributed by atoms with Gasteiger partial charge in [0.15, 0.2) is 5.65 Å². The third kappa shape index (κ3) is 2.98. The maximum absolute atomic E-state index is 14.3. The number of aromatic amines is 1. The number of hydrogen-bond donors (Lipinski definition) is 2. The maximum Gasteiger partial charge on any atom is 0.159 e. The van der Waals surface area contributed by atoms with Gasteiger partial charge in [-0.25, -0.2) is 19.3 Å². The topological polar surface area (TPSA) is 96.6 Å². The van der Waals surface area contributed by atoms with Crippen LogP contribution in [0.1, 0.15) is 17.1 Å². The maximum atomic E-state index is 14.3. The molecule has 2 fully saturated rings. The van der Waals surface area contributed by atoms with Crippen LogP contribution in [0.4, 0.5) is 10.2 Å². The van der Waals surface area contributed by atoms with Crippen molar-refractivity contribution in [3.63, 3.8) is 0 Å². The van der Waals surface area contributed by atoms with Gasteiger partial charge in [-0.2, -0.15) is 0 Å². The number of aromatic nitrogens is 5. The molecule has 3 atom stereocenters. The van der Waals surface area contributed by atoms with Crippen LogP contribution < -0.4 is 10.6 Å². The zero-order chi connectivity index (χ0) is 23.7. The number of thiazole rings is 1. The van der Waals surface area contributed by atoms with Crippen LogP contribution in [0.25, 0.3) is 33.2 Å². The SMILES string of the molecule is Cc1csc([C@@]2(CN)[C@@H]3CCN(c4cnc5c(-c6ccc(F)c7ncccc67)c[nH]c5n4)C[C@@H]32)n1. The standard InChI is InChI=1S/C26H24FN7S/c1-14-12-35-25(32-14)26(13-28)18-6-8-34(11-19(18)26)21-10-30-23-17(9-31-24(23)33-21)15-4-5-20(27)22-16(15)3-2-7-29-22/h2-5,7,9-10,12,18-19H,6,8,11,13,28H2,1H3,(H,31,33)/t18-,19+,26+/m1/s1. The lowest BCUT2D eigenvalue weighted by Crippen LogP contribution is -2.32. The molecule has 5 heterocycles. The van der Waals surface area contributed by atoms with Crippen LogP contribution >= 0.6 is 11.3 Å². The highest BCUT2D eigenvalue weighted by molar-refractivity contribution is 7.09. The Hall–Kier alpha value is -3.43. The van der Waals surface area contributed by atoms with Crippen molar-refractivity contribution in [2.75, 3.05) is 24.5 Å². The van der Waals surface area contributed by atoms with Gasteiger partial charge in [0, 0.05) is 59.5 Å². The number of fused-ring (bicyclic) bond motifs is 3. The second-order valence-electron chi connectivity index (χ2n) is 9.61. The van der Waals surface area contributed by atoms with Crippen molar-refractivity contribution in [2.45, 2.75) is 18.8 Å². The zero-order valence-corrected chi connectivity index (χ0v) is 20.0. The first-order chi connectivity index (χ1) is 17.1. The van der Waals surface area contributed by atoms with Crippen LogP contribution in [0.15, 0.2) is 48.2 Å². The Bertz CT molecular complexity index is 1590. The van der Waals surface area contributed by atoms with Crippen LogP contribution in [0.3, 0.4) is 0 Å². The summed E-state index contributed by atoms with van der Waals surface area (Å²) in [6.07, 6.45) is 6.43. The molecule has 0 unspecified atom stereocenters. The van der Waals surface area contributed by atoms with E-state index >= 15 is 0 Å². The zero-order valence-electron chi connectivity index (χ0n) is 19.2. The molecule has 0 spiro atoms. The molecule has 1 saturated heterocycles. The molecule has 0 amide bonds. The molecule has 2 aliphatic rings. The van der Waals surface area contributed by atoms with Gasteiger partial charge in [-0.3, -0.25) is 4.98 Å². The molecular formula is C26H24FN7S. The molecular weight excluding hydrogens is 461 g/mol. The Balaban J connectivity index is 1.21. The first-order valence-electron chi connectivity index (χ1n) is 11.9. The molecule has 1 aromatic carbocycles. The molecule has 0 radical (unpaired) electrons. The van der Waals surface area contributed by atoms with Crippen LogP contribution in [-0.4, -0.2) is 44.6 Å². The van der Waals surface area contributed by atoms with Gasteiger partial charge < -0.3 is 15.6 Å². The number of piperidine rings is 1. The smallest absolute Gasteiger partial charge is 0.159 e. The average Bonchev–Trinajstić information content (AvgIpc) is 3.13. The molecule has 7 rings (SSSR count). The van der Waals surface area contributed by atoms with Crippen molar-refractivity contribution < 1.29 is 4.39 Å². The van der Waals surface area contributed by atoms with Gasteiger partial charge in [0.2, 0.25) is 0 Å². The highest BCUT2D eigenvalue weighted by Gasteiger charge is 2.67. The Morgan fingerprint density at radius 1 is 1.17 bits per heavy atom. The van der Waals surface area contributed by atoms with E-state index in [4.69, 9.17) is 20.7 Å². The molecule has 35 heavy (non-hydrogen) atoms. The summed E-state index contributed by atoms with van der Waals surface area (Å²) in [6.45, 7) is 4.51. The fourth-order valence-corrected chi connectivity index (χ4v) is 7.21. The monoisotopic (exact) mass is 485 g/mol. The molecule has 1 aliphatic heterocycles. The van der Waals surface area contributed by atoms with E-state index in [9.17, 15) is 4.39 Å². The number of nitrogens with two attached hydrogens (primary N) is 1. The van der Waals surface area contributed by atoms with Crippen molar-refractivity contribution in [3.8, 4) is 11.1 Å². The van der Waals surface area contributed by atoms with Crippen molar-refractivity contribution in [1.29, 1.82) is 0 Å². The molecule has 9 heteroatoms. The van der Waals surface area contributed by atoms with Crippen molar-refractivity contribution in [1.82, 2.24) is 24.9 Å². The Morgan fingerprint density at radius 3 is 2.91 bits per heavy atom. The average molecular weight is 486 g/mol. The normalized spacial score (nSPS) is 23.7. The summed E-state index contributed by atoms with van der Waals surface area (Å²) in [5.74, 6) is 1.61. The summed E-state index contributed by atoms with van der Waals surface area (Å²) >= 11 is 1.74.